The minimum Gasteiger partial charge on any atom is -0.492 e. The van der Waals surface area contributed by atoms with E-state index in [0.717, 1.165) is 34.8 Å². The van der Waals surface area contributed by atoms with Crippen molar-refractivity contribution in [2.45, 2.75) is 22.5 Å². The highest BCUT2D eigenvalue weighted by molar-refractivity contribution is 8.01. The van der Waals surface area contributed by atoms with Crippen LogP contribution < -0.4 is 11.1 Å². The summed E-state index contributed by atoms with van der Waals surface area (Å²) in [4.78, 5) is 59.7. The second-order valence-electron chi connectivity index (χ2n) is 7.78. The van der Waals surface area contributed by atoms with Crippen molar-refractivity contribution in [3.8, 4) is 5.88 Å². The van der Waals surface area contributed by atoms with Gasteiger partial charge in [0.05, 0.1) is 4.21 Å². The molecule has 0 aromatic carbocycles. The Balaban J connectivity index is 1.44. The van der Waals surface area contributed by atoms with Gasteiger partial charge < -0.3 is 36.1 Å². The molecule has 0 radical (unpaired) electrons. The van der Waals surface area contributed by atoms with Crippen LogP contribution in [0.15, 0.2) is 9.36 Å². The molecule has 2 fully saturated rings. The van der Waals surface area contributed by atoms with Gasteiger partial charge in [-0.1, -0.05) is 5.16 Å². The largest absolute Gasteiger partial charge is 0.492 e. The van der Waals surface area contributed by atoms with Crippen molar-refractivity contribution in [2.75, 3.05) is 30.4 Å². The van der Waals surface area contributed by atoms with Gasteiger partial charge in [0.15, 0.2) is 5.13 Å². The third kappa shape index (κ3) is 5.15. The molecule has 15 nitrogen and oxygen atoms in total. The van der Waals surface area contributed by atoms with Crippen LogP contribution in [0.1, 0.15) is 23.1 Å². The second-order valence-corrected chi connectivity index (χ2v) is 11.7. The highest BCUT2D eigenvalue weighted by atomic mass is 32.2. The Hall–Kier alpha value is -3.16. The number of hydrogen-bond acceptors (Lipinski definition) is 15. The Morgan fingerprint density at radius 3 is 2.70 bits per heavy atom. The quantitative estimate of drug-likeness (QED) is 0.106. The van der Waals surface area contributed by atoms with Crippen molar-refractivity contribution >= 4 is 81.2 Å². The van der Waals surface area contributed by atoms with Crippen molar-refractivity contribution in [1.82, 2.24) is 23.9 Å². The number of nitrogens with two attached hydrogens (primary N) is 1. The first kappa shape index (κ1) is 26.9. The fourth-order valence-corrected chi connectivity index (χ4v) is 7.70. The van der Waals surface area contributed by atoms with Crippen LogP contribution in [0, 0.1) is 5.41 Å². The first-order valence-corrected chi connectivity index (χ1v) is 14.0. The normalized spacial score (nSPS) is 23.2. The minimum atomic E-state index is -1.39. The lowest BCUT2D eigenvalue weighted by atomic mass is 9.89. The van der Waals surface area contributed by atoms with E-state index in [2.05, 4.69) is 24.2 Å². The van der Waals surface area contributed by atoms with E-state index in [-0.39, 0.29) is 51.1 Å². The molecule has 0 bridgehead atoms. The number of fused-ring (bicyclic) bond motifs is 1. The molecule has 0 aliphatic carbocycles. The average Bonchev–Trinajstić information content (AvgIpc) is 3.46. The Kier molecular flexibility index (Phi) is 7.76. The van der Waals surface area contributed by atoms with Gasteiger partial charge in [0.25, 0.3) is 5.91 Å². The van der Waals surface area contributed by atoms with E-state index < -0.39 is 46.5 Å². The molecule has 0 spiro atoms. The predicted octanol–water partition coefficient (Wildman–Crippen LogP) is -0.0156. The maximum Gasteiger partial charge on any atom is 0.343 e. The summed E-state index contributed by atoms with van der Waals surface area (Å²) in [5.41, 5.74) is 3.56. The van der Waals surface area contributed by atoms with Gasteiger partial charge in [0, 0.05) is 29.6 Å². The van der Waals surface area contributed by atoms with Crippen LogP contribution >= 0.6 is 46.6 Å². The van der Waals surface area contributed by atoms with Crippen molar-refractivity contribution in [3.05, 3.63) is 11.4 Å². The Bertz CT molecular complexity index is 1280. The van der Waals surface area contributed by atoms with Crippen LogP contribution in [0.4, 0.5) is 5.13 Å². The summed E-state index contributed by atoms with van der Waals surface area (Å²) in [7, 11) is 0. The number of nitrogens with zero attached hydrogens (tertiary/aromatic N) is 5. The summed E-state index contributed by atoms with van der Waals surface area (Å²) in [6.07, 6.45) is 0. The average molecular weight is 590 g/mol. The topological polar surface area (TPSA) is 231 Å². The van der Waals surface area contributed by atoms with Gasteiger partial charge >= 0.3 is 11.9 Å². The minimum absolute atomic E-state index is 0.0508. The number of carboxylic acid groups (broad SMARTS) is 2. The third-order valence-corrected chi connectivity index (χ3v) is 9.88. The molecule has 4 rings (SSSR count). The van der Waals surface area contributed by atoms with Crippen LogP contribution in [0.25, 0.3) is 0 Å². The van der Waals surface area contributed by atoms with Gasteiger partial charge in [-0.15, -0.1) is 23.5 Å². The van der Waals surface area contributed by atoms with Crippen LogP contribution in [0.5, 0.6) is 5.88 Å². The zero-order valence-corrected chi connectivity index (χ0v) is 22.1. The molecule has 2 saturated heterocycles. The molecule has 19 heteroatoms. The summed E-state index contributed by atoms with van der Waals surface area (Å²) in [6, 6.07) is -0.934. The summed E-state index contributed by atoms with van der Waals surface area (Å²) in [5, 5.41) is 34.9. The number of nitrogen functional groups attached to an aromatic ring is 1. The number of hydrogen-bond donors (Lipinski definition) is 5. The molecule has 2 unspecified atom stereocenters. The Morgan fingerprint density at radius 1 is 1.32 bits per heavy atom. The van der Waals surface area contributed by atoms with E-state index in [1.807, 2.05) is 0 Å². The number of nitrogens with one attached hydrogen (secondary N) is 1. The second kappa shape index (κ2) is 10.7. The molecule has 2 amide bonds. The smallest absolute Gasteiger partial charge is 0.343 e. The molecule has 0 saturated carbocycles. The molecule has 37 heavy (non-hydrogen) atoms. The highest BCUT2D eigenvalue weighted by Crippen LogP contribution is 2.45. The van der Waals surface area contributed by atoms with Crippen LogP contribution in [0.3, 0.4) is 0 Å². The maximum absolute atomic E-state index is 12.9. The number of carbonyl (C=O) groups is 4. The number of rotatable bonds is 10. The number of aliphatic carboxylic acids is 1. The molecular weight excluding hydrogens is 571 g/mol. The Labute approximate surface area is 224 Å². The SMILES string of the molecule is CCON=C(C(=O)NC1C(=O)N2CC(CSc3snc(O)c3C(=O)O)(C(=O)O)CS[C@H]12)c1nsc(N)n1. The molecule has 4 heterocycles. The van der Waals surface area contributed by atoms with E-state index >= 15 is 0 Å². The monoisotopic (exact) mass is 589 g/mol. The van der Waals surface area contributed by atoms with Gasteiger partial charge in [0.2, 0.25) is 23.3 Å². The predicted molar refractivity (Wildman–Crippen MR) is 134 cm³/mol. The maximum atomic E-state index is 12.9. The third-order valence-electron chi connectivity index (χ3n) is 5.37. The number of carboxylic acids is 2. The molecule has 2 aliphatic heterocycles. The molecule has 2 aliphatic rings. The first-order valence-electron chi connectivity index (χ1n) is 10.4. The van der Waals surface area contributed by atoms with E-state index in [1.54, 1.807) is 6.92 Å². The number of oxime groups is 1. The van der Waals surface area contributed by atoms with E-state index in [4.69, 9.17) is 10.6 Å². The highest BCUT2D eigenvalue weighted by Gasteiger charge is 2.57. The van der Waals surface area contributed by atoms with Gasteiger partial charge in [-0.3, -0.25) is 14.4 Å². The van der Waals surface area contributed by atoms with Gasteiger partial charge in [0.1, 0.15) is 29.0 Å². The van der Waals surface area contributed by atoms with Crippen LogP contribution in [-0.2, 0) is 19.2 Å². The lowest BCUT2D eigenvalue weighted by Crippen LogP contribution is -2.74. The number of β-lactam (4-membered cyclic amide) rings is 1. The van der Waals surface area contributed by atoms with Crippen LogP contribution in [-0.4, -0.2) is 99.5 Å². The Morgan fingerprint density at radius 2 is 2.08 bits per heavy atom. The van der Waals surface area contributed by atoms with Gasteiger partial charge in [-0.05, 0) is 18.5 Å². The lowest BCUT2D eigenvalue weighted by Gasteiger charge is -2.53. The number of carbonyl (C=O) groups excluding carboxylic acids is 2. The molecule has 2 aromatic heterocycles. The summed E-state index contributed by atoms with van der Waals surface area (Å²) >= 11 is 3.74. The first-order chi connectivity index (χ1) is 17.6. The molecular formula is C18H19N7O8S4. The fraction of sp³-hybridized carbons (Fsp3) is 0.444. The summed E-state index contributed by atoms with van der Waals surface area (Å²) in [6.45, 7) is 1.70. The zero-order chi connectivity index (χ0) is 26.9. The fourth-order valence-electron chi connectivity index (χ4n) is 3.51. The van der Waals surface area contributed by atoms with Crippen molar-refractivity contribution in [2.24, 2.45) is 10.6 Å². The molecule has 198 valence electrons. The number of amides is 2. The van der Waals surface area contributed by atoms with Gasteiger partial charge in [-0.2, -0.15) is 13.7 Å². The number of anilines is 1. The van der Waals surface area contributed by atoms with E-state index in [9.17, 15) is 34.5 Å². The summed E-state index contributed by atoms with van der Waals surface area (Å²) in [5.74, 6) is -4.43. The molecule has 6 N–H and O–H groups in total. The number of aromatic hydroxyl groups is 1. The van der Waals surface area contributed by atoms with Crippen LogP contribution in [0.2, 0.25) is 0 Å². The zero-order valence-electron chi connectivity index (χ0n) is 18.8. The lowest BCUT2D eigenvalue weighted by molar-refractivity contribution is -0.157. The van der Waals surface area contributed by atoms with Gasteiger partial charge in [-0.25, -0.2) is 4.79 Å². The van der Waals surface area contributed by atoms with E-state index in [0.29, 0.717) is 0 Å². The number of aromatic nitrogens is 3. The van der Waals surface area contributed by atoms with Crippen molar-refractivity contribution < 1.29 is 39.3 Å². The number of aromatic carboxylic acids is 1. The molecule has 2 aromatic rings. The van der Waals surface area contributed by atoms with E-state index in [1.165, 1.54) is 16.7 Å². The molecule has 3 atom stereocenters. The summed E-state index contributed by atoms with van der Waals surface area (Å²) < 4.78 is 7.73. The van der Waals surface area contributed by atoms with Crippen molar-refractivity contribution in [1.29, 1.82) is 0 Å². The standard InChI is InChI=1S/C18H19N7O8S4/c1-2-33-22-7(9-21-17(19)37-23-9)11(27)20-8-12(28)25-3-18(16(31)32,4-34-13(8)25)5-35-15-6(14(29)30)10(26)24-36-15/h8,13H,2-5H2,1H3,(H,20,27)(H,24,26)(H,29,30)(H,31,32)(H2,19,21,23)/t8?,13-,18?/m1/s1. The number of thioether (sulfide) groups is 2. The van der Waals surface area contributed by atoms with Crippen molar-refractivity contribution in [3.63, 3.8) is 0 Å².